The maximum absolute atomic E-state index is 3.05. The van der Waals surface area contributed by atoms with Gasteiger partial charge in [0.1, 0.15) is 0 Å². The fourth-order valence-corrected chi connectivity index (χ4v) is 2.02. The lowest BCUT2D eigenvalue weighted by Gasteiger charge is -2.27. The zero-order chi connectivity index (χ0) is 6.91. The molecule has 54 valence electrons. The van der Waals surface area contributed by atoms with Crippen molar-refractivity contribution in [2.45, 2.75) is 44.7 Å². The second-order valence-electron chi connectivity index (χ2n) is 3.59. The first-order valence-electron chi connectivity index (χ1n) is 3.94. The van der Waals surface area contributed by atoms with E-state index in [0.717, 1.165) is 5.92 Å². The molecule has 0 radical (unpaired) electrons. The van der Waals surface area contributed by atoms with Gasteiger partial charge in [0.2, 0.25) is 0 Å². The third kappa shape index (κ3) is 1.46. The van der Waals surface area contributed by atoms with Crippen molar-refractivity contribution >= 4 is 9.24 Å². The van der Waals surface area contributed by atoms with Gasteiger partial charge >= 0.3 is 0 Å². The van der Waals surface area contributed by atoms with E-state index in [1.165, 1.54) is 25.7 Å². The van der Waals surface area contributed by atoms with E-state index in [1.54, 1.807) is 0 Å². The van der Waals surface area contributed by atoms with Crippen LogP contribution in [0.25, 0.3) is 0 Å². The highest BCUT2D eigenvalue weighted by molar-refractivity contribution is 7.19. The van der Waals surface area contributed by atoms with Gasteiger partial charge in [-0.05, 0) is 23.9 Å². The predicted octanol–water partition coefficient (Wildman–Crippen LogP) is 2.83. The molecule has 0 aromatic rings. The van der Waals surface area contributed by atoms with E-state index in [4.69, 9.17) is 0 Å². The Morgan fingerprint density at radius 3 is 1.89 bits per heavy atom. The minimum absolute atomic E-state index is 0.611. The molecule has 1 aliphatic rings. The molecule has 1 saturated carbocycles. The number of hydrogen-bond acceptors (Lipinski definition) is 0. The summed E-state index contributed by atoms with van der Waals surface area (Å²) in [7, 11) is 3.05. The summed E-state index contributed by atoms with van der Waals surface area (Å²) in [6.45, 7) is 4.66. The van der Waals surface area contributed by atoms with Crippen LogP contribution in [0.15, 0.2) is 0 Å². The molecule has 0 nitrogen and oxygen atoms in total. The van der Waals surface area contributed by atoms with Gasteiger partial charge in [-0.3, -0.25) is 0 Å². The van der Waals surface area contributed by atoms with Gasteiger partial charge in [-0.15, -0.1) is 9.24 Å². The lowest BCUT2D eigenvalue weighted by atomic mass is 9.93. The smallest absolute Gasteiger partial charge is 0.0127 e. The highest BCUT2D eigenvalue weighted by atomic mass is 31.0. The van der Waals surface area contributed by atoms with Gasteiger partial charge in [0.25, 0.3) is 0 Å². The van der Waals surface area contributed by atoms with Crippen molar-refractivity contribution in [1.82, 2.24) is 0 Å². The normalized spacial score (nSPS) is 25.3. The second kappa shape index (κ2) is 2.58. The molecule has 1 rings (SSSR count). The van der Waals surface area contributed by atoms with Crippen LogP contribution in [0.2, 0.25) is 0 Å². The van der Waals surface area contributed by atoms with Gasteiger partial charge in [-0.2, -0.15) is 0 Å². The fraction of sp³-hybridized carbons (Fsp3) is 1.00. The molecule has 1 fully saturated rings. The molecule has 1 unspecified atom stereocenters. The van der Waals surface area contributed by atoms with E-state index in [2.05, 4.69) is 23.1 Å². The summed E-state index contributed by atoms with van der Waals surface area (Å²) in [5.41, 5.74) is 0. The quantitative estimate of drug-likeness (QED) is 0.496. The molecule has 0 N–H and O–H groups in total. The van der Waals surface area contributed by atoms with Crippen LogP contribution >= 0.6 is 9.24 Å². The van der Waals surface area contributed by atoms with Gasteiger partial charge in [0.05, 0.1) is 0 Å². The van der Waals surface area contributed by atoms with Crippen molar-refractivity contribution in [3.8, 4) is 0 Å². The van der Waals surface area contributed by atoms with Crippen LogP contribution in [0.1, 0.15) is 39.5 Å². The summed E-state index contributed by atoms with van der Waals surface area (Å²) in [6.07, 6.45) is 5.74. The van der Waals surface area contributed by atoms with Crippen molar-refractivity contribution < 1.29 is 0 Å². The molecule has 0 aromatic carbocycles. The third-order valence-corrected chi connectivity index (χ3v) is 3.93. The van der Waals surface area contributed by atoms with E-state index < -0.39 is 0 Å². The Balaban J connectivity index is 2.51. The van der Waals surface area contributed by atoms with Crippen LogP contribution in [0.5, 0.6) is 0 Å². The largest absolute Gasteiger partial charge is 0.131 e. The van der Waals surface area contributed by atoms with Crippen LogP contribution in [-0.2, 0) is 0 Å². The molecule has 0 bridgehead atoms. The minimum Gasteiger partial charge on any atom is -0.131 e. The molecule has 0 spiro atoms. The highest BCUT2D eigenvalue weighted by Crippen LogP contribution is 2.43. The first-order valence-corrected chi connectivity index (χ1v) is 4.52. The van der Waals surface area contributed by atoms with Gasteiger partial charge in [0, 0.05) is 0 Å². The summed E-state index contributed by atoms with van der Waals surface area (Å²) in [5, 5.41) is 0.611. The molecular weight excluding hydrogens is 127 g/mol. The molecule has 0 amide bonds. The second-order valence-corrected chi connectivity index (χ2v) is 4.74. The maximum atomic E-state index is 3.05. The summed E-state index contributed by atoms with van der Waals surface area (Å²) in [5.74, 6) is 0.852. The fourth-order valence-electron chi connectivity index (χ4n) is 1.61. The van der Waals surface area contributed by atoms with E-state index in [0.29, 0.717) is 5.16 Å². The summed E-state index contributed by atoms with van der Waals surface area (Å²) in [6, 6.07) is 0. The molecule has 1 atom stereocenters. The van der Waals surface area contributed by atoms with Gasteiger partial charge in [-0.25, -0.2) is 0 Å². The van der Waals surface area contributed by atoms with Gasteiger partial charge in [0.15, 0.2) is 0 Å². The monoisotopic (exact) mass is 144 g/mol. The molecule has 1 aliphatic carbocycles. The van der Waals surface area contributed by atoms with Gasteiger partial charge in [-0.1, -0.05) is 26.7 Å². The summed E-state index contributed by atoms with van der Waals surface area (Å²) in [4.78, 5) is 0. The van der Waals surface area contributed by atoms with E-state index in [-0.39, 0.29) is 0 Å². The lowest BCUT2D eigenvalue weighted by Crippen LogP contribution is -2.22. The van der Waals surface area contributed by atoms with Crippen molar-refractivity contribution in [2.75, 3.05) is 0 Å². The minimum atomic E-state index is 0.611. The Labute approximate surface area is 60.6 Å². The van der Waals surface area contributed by atoms with Crippen molar-refractivity contribution in [3.63, 3.8) is 0 Å². The average Bonchev–Trinajstić information content (AvgIpc) is 2.16. The standard InChI is InChI=1S/C8H17P/c1-7(2)8(9)5-3-4-6-8/h7H,3-6,9H2,1-2H3. The molecule has 0 saturated heterocycles. The number of rotatable bonds is 1. The summed E-state index contributed by atoms with van der Waals surface area (Å²) >= 11 is 0. The predicted molar refractivity (Wildman–Crippen MR) is 45.7 cm³/mol. The van der Waals surface area contributed by atoms with Gasteiger partial charge < -0.3 is 0 Å². The molecule has 1 heteroatoms. The average molecular weight is 144 g/mol. The Bertz CT molecular complexity index is 90.7. The summed E-state index contributed by atoms with van der Waals surface area (Å²) < 4.78 is 0. The van der Waals surface area contributed by atoms with E-state index in [9.17, 15) is 0 Å². The number of hydrogen-bond donors (Lipinski definition) is 0. The van der Waals surface area contributed by atoms with Crippen molar-refractivity contribution in [2.24, 2.45) is 5.92 Å². The topological polar surface area (TPSA) is 0 Å². The van der Waals surface area contributed by atoms with Crippen molar-refractivity contribution in [1.29, 1.82) is 0 Å². The first-order chi connectivity index (χ1) is 4.15. The molecule has 0 heterocycles. The molecule has 0 aromatic heterocycles. The Morgan fingerprint density at radius 2 is 1.67 bits per heavy atom. The highest BCUT2D eigenvalue weighted by Gasteiger charge is 2.31. The van der Waals surface area contributed by atoms with E-state index in [1.807, 2.05) is 0 Å². The maximum Gasteiger partial charge on any atom is -0.0127 e. The van der Waals surface area contributed by atoms with Crippen LogP contribution in [0.3, 0.4) is 0 Å². The van der Waals surface area contributed by atoms with Crippen LogP contribution in [-0.4, -0.2) is 5.16 Å². The molecular formula is C8H17P. The van der Waals surface area contributed by atoms with Crippen LogP contribution < -0.4 is 0 Å². The van der Waals surface area contributed by atoms with Crippen LogP contribution in [0, 0.1) is 5.92 Å². The van der Waals surface area contributed by atoms with E-state index >= 15 is 0 Å². The first kappa shape index (κ1) is 7.54. The Hall–Kier alpha value is 0.430. The molecule has 0 aliphatic heterocycles. The SMILES string of the molecule is CC(C)C1(P)CCCC1. The zero-order valence-electron chi connectivity index (χ0n) is 6.48. The van der Waals surface area contributed by atoms with Crippen LogP contribution in [0.4, 0.5) is 0 Å². The molecule has 9 heavy (non-hydrogen) atoms. The Kier molecular flexibility index (Phi) is 2.16. The third-order valence-electron chi connectivity index (χ3n) is 2.68. The zero-order valence-corrected chi connectivity index (χ0v) is 7.64. The lowest BCUT2D eigenvalue weighted by molar-refractivity contribution is 0.444. The Morgan fingerprint density at radius 1 is 1.22 bits per heavy atom. The van der Waals surface area contributed by atoms with Crippen molar-refractivity contribution in [3.05, 3.63) is 0 Å².